The Morgan fingerprint density at radius 3 is 2.67 bits per heavy atom. The molecule has 0 spiro atoms. The second kappa shape index (κ2) is 9.30. The number of carbonyl (C=O) groups is 1. The summed E-state index contributed by atoms with van der Waals surface area (Å²) in [6.45, 7) is 1.35. The van der Waals surface area contributed by atoms with Crippen molar-refractivity contribution in [1.29, 1.82) is 0 Å². The zero-order chi connectivity index (χ0) is 22.6. The molecule has 2 heterocycles. The molecule has 2 N–H and O–H groups in total. The highest BCUT2D eigenvalue weighted by Crippen LogP contribution is 2.24. The number of fused-ring (bicyclic) bond motifs is 2. The number of nitrogens with zero attached hydrogens (tertiary/aromatic N) is 2. The summed E-state index contributed by atoms with van der Waals surface area (Å²) in [5, 5.41) is 4.16. The van der Waals surface area contributed by atoms with E-state index in [0.717, 1.165) is 39.9 Å². The van der Waals surface area contributed by atoms with E-state index < -0.39 is 0 Å². The average Bonchev–Trinajstić information content (AvgIpc) is 3.47. The lowest BCUT2D eigenvalue weighted by molar-refractivity contribution is 0.0936. The number of benzene rings is 3. The summed E-state index contributed by atoms with van der Waals surface area (Å²) in [6.07, 6.45) is 2.64. The molecule has 2 aromatic heterocycles. The summed E-state index contributed by atoms with van der Waals surface area (Å²) in [5.41, 5.74) is 4.64. The molecular formula is C27H26N4O2. The van der Waals surface area contributed by atoms with Gasteiger partial charge in [0, 0.05) is 36.3 Å². The first kappa shape index (κ1) is 21.0. The van der Waals surface area contributed by atoms with Gasteiger partial charge in [-0.1, -0.05) is 48.5 Å². The van der Waals surface area contributed by atoms with Crippen LogP contribution in [0.5, 0.6) is 0 Å². The molecule has 5 rings (SSSR count). The molecule has 1 amide bonds. The van der Waals surface area contributed by atoms with Crippen molar-refractivity contribution in [1.82, 2.24) is 19.9 Å². The van der Waals surface area contributed by atoms with Gasteiger partial charge >= 0.3 is 0 Å². The predicted molar refractivity (Wildman–Crippen MR) is 130 cm³/mol. The van der Waals surface area contributed by atoms with Crippen LogP contribution in [0.15, 0.2) is 85.1 Å². The standard InChI is InChI=1S/C27H26N4O2/c1-33-17-16-31-15-14-20-21(10-7-13-25(20)31)27(32)30-24(18-19-8-3-2-4-9-19)26-28-22-11-5-6-12-23(22)29-26/h2-15,24H,16-18H2,1H3,(H,28,29)(H,30,32). The molecule has 0 saturated carbocycles. The first-order valence-corrected chi connectivity index (χ1v) is 11.1. The van der Waals surface area contributed by atoms with Gasteiger partial charge in [0.25, 0.3) is 5.91 Å². The number of H-pyrrole nitrogens is 1. The molecule has 0 fully saturated rings. The molecule has 1 atom stereocenters. The maximum Gasteiger partial charge on any atom is 0.252 e. The Labute approximate surface area is 192 Å². The van der Waals surface area contributed by atoms with E-state index in [1.807, 2.05) is 72.9 Å². The number of carbonyl (C=O) groups excluding carboxylic acids is 1. The average molecular weight is 439 g/mol. The third-order valence-electron chi connectivity index (χ3n) is 5.92. The number of ether oxygens (including phenoxy) is 1. The summed E-state index contributed by atoms with van der Waals surface area (Å²) in [7, 11) is 1.69. The summed E-state index contributed by atoms with van der Waals surface area (Å²) in [6, 6.07) is 25.6. The fourth-order valence-corrected chi connectivity index (χ4v) is 4.25. The van der Waals surface area contributed by atoms with Crippen LogP contribution in [-0.2, 0) is 17.7 Å². The Balaban J connectivity index is 1.47. The molecule has 0 bridgehead atoms. The second-order valence-corrected chi connectivity index (χ2v) is 8.10. The second-order valence-electron chi connectivity index (χ2n) is 8.10. The van der Waals surface area contributed by atoms with E-state index in [1.165, 1.54) is 0 Å². The highest BCUT2D eigenvalue weighted by molar-refractivity contribution is 6.06. The predicted octanol–water partition coefficient (Wildman–Crippen LogP) is 4.88. The largest absolute Gasteiger partial charge is 0.383 e. The third kappa shape index (κ3) is 4.38. The van der Waals surface area contributed by atoms with Gasteiger partial charge in [-0.25, -0.2) is 4.98 Å². The SMILES string of the molecule is COCCn1ccc2c(C(=O)NC(Cc3ccccc3)c3nc4ccccc4[nH]3)cccc21. The molecule has 0 saturated heterocycles. The Hall–Kier alpha value is -3.90. The van der Waals surface area contributed by atoms with E-state index in [1.54, 1.807) is 7.11 Å². The van der Waals surface area contributed by atoms with Gasteiger partial charge in [-0.3, -0.25) is 4.79 Å². The van der Waals surface area contributed by atoms with Crippen molar-refractivity contribution in [3.05, 3.63) is 102 Å². The van der Waals surface area contributed by atoms with E-state index >= 15 is 0 Å². The molecule has 5 aromatic rings. The number of nitrogens with one attached hydrogen (secondary N) is 2. The van der Waals surface area contributed by atoms with Gasteiger partial charge in [-0.15, -0.1) is 0 Å². The number of para-hydroxylation sites is 2. The highest BCUT2D eigenvalue weighted by Gasteiger charge is 2.21. The molecule has 166 valence electrons. The van der Waals surface area contributed by atoms with E-state index in [2.05, 4.69) is 27.0 Å². The van der Waals surface area contributed by atoms with Gasteiger partial charge in [0.15, 0.2) is 0 Å². The van der Waals surface area contributed by atoms with Crippen molar-refractivity contribution in [3.63, 3.8) is 0 Å². The van der Waals surface area contributed by atoms with Crippen LogP contribution in [0.4, 0.5) is 0 Å². The number of amides is 1. The number of imidazole rings is 1. The molecule has 6 heteroatoms. The van der Waals surface area contributed by atoms with Crippen LogP contribution < -0.4 is 5.32 Å². The van der Waals surface area contributed by atoms with Crippen LogP contribution in [0.1, 0.15) is 27.8 Å². The number of aromatic nitrogens is 3. The Kier molecular flexibility index (Phi) is 5.91. The fraction of sp³-hybridized carbons (Fsp3) is 0.185. The lowest BCUT2D eigenvalue weighted by atomic mass is 10.0. The molecule has 0 aliphatic heterocycles. The summed E-state index contributed by atoms with van der Waals surface area (Å²) < 4.78 is 7.32. The quantitative estimate of drug-likeness (QED) is 0.363. The smallest absolute Gasteiger partial charge is 0.252 e. The topological polar surface area (TPSA) is 71.9 Å². The molecule has 3 aromatic carbocycles. The van der Waals surface area contributed by atoms with Crippen LogP contribution in [0.25, 0.3) is 21.9 Å². The maximum absolute atomic E-state index is 13.5. The molecular weight excluding hydrogens is 412 g/mol. The van der Waals surface area contributed by atoms with Crippen LogP contribution in [-0.4, -0.2) is 34.2 Å². The van der Waals surface area contributed by atoms with Crippen molar-refractivity contribution in [2.75, 3.05) is 13.7 Å². The lowest BCUT2D eigenvalue weighted by Crippen LogP contribution is -2.31. The van der Waals surface area contributed by atoms with E-state index in [-0.39, 0.29) is 11.9 Å². The minimum atomic E-state index is -0.293. The van der Waals surface area contributed by atoms with Gasteiger partial charge in [0.2, 0.25) is 0 Å². The highest BCUT2D eigenvalue weighted by atomic mass is 16.5. The molecule has 0 aliphatic rings. The van der Waals surface area contributed by atoms with Gasteiger partial charge in [0.05, 0.1) is 23.7 Å². The van der Waals surface area contributed by atoms with Gasteiger partial charge in [-0.05, 0) is 42.3 Å². The van der Waals surface area contributed by atoms with Crippen LogP contribution in [0.3, 0.4) is 0 Å². The minimum absolute atomic E-state index is 0.119. The van der Waals surface area contributed by atoms with Gasteiger partial charge in [-0.2, -0.15) is 0 Å². The van der Waals surface area contributed by atoms with Gasteiger partial charge < -0.3 is 19.6 Å². The molecule has 0 radical (unpaired) electrons. The summed E-state index contributed by atoms with van der Waals surface area (Å²) in [4.78, 5) is 21.6. The lowest BCUT2D eigenvalue weighted by Gasteiger charge is -2.17. The number of aromatic amines is 1. The van der Waals surface area contributed by atoms with E-state index in [9.17, 15) is 4.79 Å². The zero-order valence-electron chi connectivity index (χ0n) is 18.5. The number of hydrogen-bond donors (Lipinski definition) is 2. The first-order valence-electron chi connectivity index (χ1n) is 11.1. The van der Waals surface area contributed by atoms with E-state index in [4.69, 9.17) is 9.72 Å². The number of rotatable bonds is 8. The summed E-state index contributed by atoms with van der Waals surface area (Å²) in [5.74, 6) is 0.629. The van der Waals surface area contributed by atoms with E-state index in [0.29, 0.717) is 18.6 Å². The molecule has 6 nitrogen and oxygen atoms in total. The van der Waals surface area contributed by atoms with Crippen molar-refractivity contribution in [2.24, 2.45) is 0 Å². The van der Waals surface area contributed by atoms with Crippen molar-refractivity contribution >= 4 is 27.8 Å². The Bertz CT molecular complexity index is 1350. The van der Waals surface area contributed by atoms with Crippen molar-refractivity contribution in [3.8, 4) is 0 Å². The van der Waals surface area contributed by atoms with Crippen LogP contribution >= 0.6 is 0 Å². The van der Waals surface area contributed by atoms with Gasteiger partial charge in [0.1, 0.15) is 5.82 Å². The molecule has 0 aliphatic carbocycles. The summed E-state index contributed by atoms with van der Waals surface area (Å²) >= 11 is 0. The monoisotopic (exact) mass is 438 g/mol. The van der Waals surface area contributed by atoms with Crippen LogP contribution in [0.2, 0.25) is 0 Å². The third-order valence-corrected chi connectivity index (χ3v) is 5.92. The fourth-order valence-electron chi connectivity index (χ4n) is 4.25. The Morgan fingerprint density at radius 1 is 1.03 bits per heavy atom. The zero-order valence-corrected chi connectivity index (χ0v) is 18.5. The van der Waals surface area contributed by atoms with Crippen LogP contribution in [0, 0.1) is 0 Å². The van der Waals surface area contributed by atoms with Crippen molar-refractivity contribution < 1.29 is 9.53 Å². The number of methoxy groups -OCH3 is 1. The first-order chi connectivity index (χ1) is 16.2. The van der Waals surface area contributed by atoms with Crippen molar-refractivity contribution in [2.45, 2.75) is 19.0 Å². The minimum Gasteiger partial charge on any atom is -0.383 e. The molecule has 33 heavy (non-hydrogen) atoms. The molecule has 1 unspecified atom stereocenters. The normalized spacial score (nSPS) is 12.3. The maximum atomic E-state index is 13.5. The number of hydrogen-bond acceptors (Lipinski definition) is 3. The Morgan fingerprint density at radius 2 is 1.85 bits per heavy atom.